The van der Waals surface area contributed by atoms with Crippen LogP contribution in [-0.4, -0.2) is 17.4 Å². The quantitative estimate of drug-likeness (QED) is 0.782. The minimum Gasteiger partial charge on any atom is -0.347 e. The number of hydrogen-bond acceptors (Lipinski definition) is 3. The molecule has 0 aliphatic carbocycles. The van der Waals surface area contributed by atoms with Gasteiger partial charge in [-0.3, -0.25) is 9.59 Å². The number of rotatable bonds is 5. The summed E-state index contributed by atoms with van der Waals surface area (Å²) in [6.07, 6.45) is 0.169. The van der Waals surface area contributed by atoms with E-state index in [4.69, 9.17) is 5.73 Å². The first-order chi connectivity index (χ1) is 11.7. The van der Waals surface area contributed by atoms with Crippen molar-refractivity contribution in [1.29, 1.82) is 0 Å². The van der Waals surface area contributed by atoms with E-state index < -0.39 is 0 Å². The van der Waals surface area contributed by atoms with Crippen LogP contribution >= 0.6 is 0 Å². The lowest BCUT2D eigenvalue weighted by Crippen LogP contribution is -2.40. The van der Waals surface area contributed by atoms with Crippen LogP contribution in [0.25, 0.3) is 0 Å². The van der Waals surface area contributed by atoms with Crippen LogP contribution < -0.4 is 16.4 Å². The van der Waals surface area contributed by atoms with Gasteiger partial charge in [0.1, 0.15) is 0 Å². The van der Waals surface area contributed by atoms with Crippen molar-refractivity contribution in [3.8, 4) is 0 Å². The maximum atomic E-state index is 12.2. The third kappa shape index (κ3) is 6.04. The minimum atomic E-state index is -0.367. The van der Waals surface area contributed by atoms with Crippen LogP contribution in [0.15, 0.2) is 54.6 Å². The zero-order chi connectivity index (χ0) is 18.4. The van der Waals surface area contributed by atoms with Gasteiger partial charge in [-0.1, -0.05) is 36.4 Å². The van der Waals surface area contributed by atoms with Crippen molar-refractivity contribution < 1.29 is 9.59 Å². The van der Waals surface area contributed by atoms with E-state index in [2.05, 4.69) is 10.6 Å². The van der Waals surface area contributed by atoms with Crippen molar-refractivity contribution in [2.45, 2.75) is 38.8 Å². The first-order valence-corrected chi connectivity index (χ1v) is 8.27. The van der Waals surface area contributed by atoms with Crippen LogP contribution in [0.3, 0.4) is 0 Å². The molecule has 1 unspecified atom stereocenters. The molecule has 0 fully saturated rings. The van der Waals surface area contributed by atoms with Gasteiger partial charge in [-0.25, -0.2) is 0 Å². The fraction of sp³-hybridized carbons (Fsp3) is 0.300. The van der Waals surface area contributed by atoms with Gasteiger partial charge >= 0.3 is 0 Å². The van der Waals surface area contributed by atoms with Gasteiger partial charge in [-0.15, -0.1) is 0 Å². The zero-order valence-corrected chi connectivity index (χ0v) is 14.9. The molecule has 5 nitrogen and oxygen atoms in total. The van der Waals surface area contributed by atoms with Gasteiger partial charge < -0.3 is 16.4 Å². The number of hydrogen-bond donors (Lipinski definition) is 3. The highest BCUT2D eigenvalue weighted by Gasteiger charge is 2.16. The smallest absolute Gasteiger partial charge is 0.251 e. The lowest BCUT2D eigenvalue weighted by molar-refractivity contribution is -0.116. The fourth-order valence-electron chi connectivity index (χ4n) is 2.38. The predicted octanol–water partition coefficient (Wildman–Crippen LogP) is 3.24. The molecule has 2 aromatic rings. The Kier molecular flexibility index (Phi) is 5.93. The van der Waals surface area contributed by atoms with E-state index in [-0.39, 0.29) is 29.8 Å². The van der Waals surface area contributed by atoms with Crippen LogP contribution in [-0.2, 0) is 4.79 Å². The number of benzene rings is 2. The number of anilines is 1. The molecule has 0 heterocycles. The molecule has 0 aliphatic heterocycles. The van der Waals surface area contributed by atoms with Gasteiger partial charge in [0, 0.05) is 29.3 Å². The van der Waals surface area contributed by atoms with Gasteiger partial charge in [0.15, 0.2) is 0 Å². The van der Waals surface area contributed by atoms with E-state index in [1.807, 2.05) is 51.1 Å². The van der Waals surface area contributed by atoms with Crippen LogP contribution in [0.2, 0.25) is 0 Å². The van der Waals surface area contributed by atoms with Crippen molar-refractivity contribution in [1.82, 2.24) is 5.32 Å². The summed E-state index contributed by atoms with van der Waals surface area (Å²) in [5, 5.41) is 5.70. The van der Waals surface area contributed by atoms with Crippen LogP contribution in [0.1, 0.15) is 49.2 Å². The van der Waals surface area contributed by atoms with E-state index in [1.54, 1.807) is 24.3 Å². The molecule has 2 rings (SSSR count). The average molecular weight is 339 g/mol. The molecule has 0 bridgehead atoms. The molecule has 0 radical (unpaired) electrons. The van der Waals surface area contributed by atoms with Gasteiger partial charge in [0.2, 0.25) is 5.91 Å². The highest BCUT2D eigenvalue weighted by Crippen LogP contribution is 2.16. The highest BCUT2D eigenvalue weighted by atomic mass is 16.2. The second kappa shape index (κ2) is 7.94. The second-order valence-corrected chi connectivity index (χ2v) is 7.05. The van der Waals surface area contributed by atoms with Crippen molar-refractivity contribution in [2.24, 2.45) is 5.73 Å². The summed E-state index contributed by atoms with van der Waals surface area (Å²) >= 11 is 0. The summed E-state index contributed by atoms with van der Waals surface area (Å²) in [6.45, 7) is 5.75. The normalized spacial score (nSPS) is 12.3. The molecule has 1 atom stereocenters. The summed E-state index contributed by atoms with van der Waals surface area (Å²) in [4.78, 5) is 24.4. The first kappa shape index (κ1) is 18.7. The largest absolute Gasteiger partial charge is 0.347 e. The van der Waals surface area contributed by atoms with Gasteiger partial charge in [0.25, 0.3) is 5.91 Å². The third-order valence-electron chi connectivity index (χ3n) is 3.53. The third-order valence-corrected chi connectivity index (χ3v) is 3.53. The van der Waals surface area contributed by atoms with Crippen LogP contribution in [0, 0.1) is 0 Å². The zero-order valence-electron chi connectivity index (χ0n) is 14.9. The van der Waals surface area contributed by atoms with Crippen molar-refractivity contribution in [2.75, 3.05) is 5.32 Å². The van der Waals surface area contributed by atoms with E-state index in [9.17, 15) is 9.59 Å². The molecule has 25 heavy (non-hydrogen) atoms. The summed E-state index contributed by atoms with van der Waals surface area (Å²) in [7, 11) is 0. The Morgan fingerprint density at radius 3 is 2.36 bits per heavy atom. The van der Waals surface area contributed by atoms with E-state index in [1.165, 1.54) is 0 Å². The van der Waals surface area contributed by atoms with Crippen LogP contribution in [0.5, 0.6) is 0 Å². The number of nitrogens with two attached hydrogens (primary N) is 1. The van der Waals surface area contributed by atoms with Crippen LogP contribution in [0.4, 0.5) is 5.69 Å². The Morgan fingerprint density at radius 1 is 1.04 bits per heavy atom. The van der Waals surface area contributed by atoms with E-state index in [0.717, 1.165) is 5.56 Å². The number of amides is 2. The number of carbonyl (C=O) groups excluding carboxylic acids is 2. The molecule has 0 aromatic heterocycles. The lowest BCUT2D eigenvalue weighted by Gasteiger charge is -2.20. The molecule has 2 aromatic carbocycles. The second-order valence-electron chi connectivity index (χ2n) is 7.05. The Hall–Kier alpha value is -2.66. The highest BCUT2D eigenvalue weighted by molar-refractivity contribution is 5.97. The number of carbonyl (C=O) groups is 2. The van der Waals surface area contributed by atoms with Gasteiger partial charge in [-0.2, -0.15) is 0 Å². The molecule has 0 spiro atoms. The van der Waals surface area contributed by atoms with Crippen molar-refractivity contribution in [3.05, 3.63) is 65.7 Å². The molecular formula is C20H25N3O2. The predicted molar refractivity (Wildman–Crippen MR) is 100 cm³/mol. The minimum absolute atomic E-state index is 0.169. The van der Waals surface area contributed by atoms with Gasteiger partial charge in [0.05, 0.1) is 0 Å². The Morgan fingerprint density at radius 2 is 1.72 bits per heavy atom. The molecule has 132 valence electrons. The van der Waals surface area contributed by atoms with Gasteiger partial charge in [-0.05, 0) is 44.5 Å². The topological polar surface area (TPSA) is 84.2 Å². The Balaban J connectivity index is 1.99. The molecule has 2 amide bonds. The molecule has 0 saturated heterocycles. The van der Waals surface area contributed by atoms with E-state index >= 15 is 0 Å². The Bertz CT molecular complexity index is 736. The maximum absolute atomic E-state index is 12.2. The summed E-state index contributed by atoms with van der Waals surface area (Å²) in [5.41, 5.74) is 7.74. The number of nitrogens with one attached hydrogen (secondary N) is 2. The van der Waals surface area contributed by atoms with E-state index in [0.29, 0.717) is 11.3 Å². The molecule has 0 aliphatic rings. The monoisotopic (exact) mass is 339 g/mol. The van der Waals surface area contributed by atoms with Crippen molar-refractivity contribution >= 4 is 17.5 Å². The summed E-state index contributed by atoms with van der Waals surface area (Å²) < 4.78 is 0. The standard InChI is InChI=1S/C20H25N3O2/c1-20(2,3)23-19(25)15-10-7-11-16(12-15)22-18(24)13-17(21)14-8-5-4-6-9-14/h4-12,17H,13,21H2,1-3H3,(H,22,24)(H,23,25). The molecule has 4 N–H and O–H groups in total. The molecule has 5 heteroatoms. The fourth-order valence-corrected chi connectivity index (χ4v) is 2.38. The summed E-state index contributed by atoms with van der Waals surface area (Å²) in [5.74, 6) is -0.366. The SMILES string of the molecule is CC(C)(C)NC(=O)c1cccc(NC(=O)CC(N)c2ccccc2)c1. The summed E-state index contributed by atoms with van der Waals surface area (Å²) in [6, 6.07) is 16.0. The van der Waals surface area contributed by atoms with Crippen molar-refractivity contribution in [3.63, 3.8) is 0 Å². The first-order valence-electron chi connectivity index (χ1n) is 8.27. The molecule has 0 saturated carbocycles. The Labute approximate surface area is 148 Å². The lowest BCUT2D eigenvalue weighted by atomic mass is 10.0. The molecular weight excluding hydrogens is 314 g/mol. The maximum Gasteiger partial charge on any atom is 0.251 e. The average Bonchev–Trinajstić information content (AvgIpc) is 2.54.